The van der Waals surface area contributed by atoms with Gasteiger partial charge in [0.2, 0.25) is 0 Å². The Kier molecular flexibility index (Phi) is 3.46. The summed E-state index contributed by atoms with van der Waals surface area (Å²) in [6, 6.07) is 12.9. The number of nitrogens with two attached hydrogens (primary N) is 2. The zero-order valence-corrected chi connectivity index (χ0v) is 17.6. The predicted octanol–water partition coefficient (Wildman–Crippen LogP) is 4.53. The molecule has 2 bridgehead atoms. The van der Waals surface area contributed by atoms with Gasteiger partial charge in [-0.15, -0.1) is 0 Å². The first-order chi connectivity index (χ1) is 14.4. The van der Waals surface area contributed by atoms with Crippen molar-refractivity contribution >= 4 is 28.1 Å². The van der Waals surface area contributed by atoms with Gasteiger partial charge in [0.1, 0.15) is 5.84 Å². The standard InChI is InChI=1S/C25H29N5/c1-25(15-5-6-18(26)17(12-15)24(27)28)23-14-4-3-13(11-14)21(23)22-16-9-10-29-19(16)7-8-20(22)30(25)2/h5-10,12-14,21,23,29H,3-4,11,26H2,1-2H3,(H3,27,28)/t13?,14?,21-,23-,25+/m1/s1. The normalized spacial score (nSPS) is 31.7. The number of H-pyrrole nitrogens is 1. The number of nitrogen functional groups attached to an aromatic ring is 2. The van der Waals surface area contributed by atoms with Crippen molar-refractivity contribution in [1.29, 1.82) is 5.41 Å². The van der Waals surface area contributed by atoms with Gasteiger partial charge in [-0.1, -0.05) is 6.07 Å². The number of nitrogens with zero attached hydrogens (tertiary/aromatic N) is 1. The summed E-state index contributed by atoms with van der Waals surface area (Å²) in [6.45, 7) is 2.39. The molecule has 0 spiro atoms. The Balaban J connectivity index is 1.62. The highest BCUT2D eigenvalue weighted by atomic mass is 15.2. The third-order valence-electron chi connectivity index (χ3n) is 8.64. The Morgan fingerprint density at radius 2 is 1.97 bits per heavy atom. The Bertz CT molecular complexity index is 1190. The zero-order valence-electron chi connectivity index (χ0n) is 17.6. The second-order valence-electron chi connectivity index (χ2n) is 9.74. The highest BCUT2D eigenvalue weighted by molar-refractivity contribution is 6.00. The molecule has 1 aromatic heterocycles. The zero-order chi connectivity index (χ0) is 20.8. The molecule has 5 heteroatoms. The fraction of sp³-hybridized carbons (Fsp3) is 0.400. The third kappa shape index (κ3) is 2.05. The van der Waals surface area contributed by atoms with Crippen LogP contribution in [0.2, 0.25) is 0 Å². The highest BCUT2D eigenvalue weighted by Gasteiger charge is 2.60. The Hall–Kier alpha value is -2.95. The first kappa shape index (κ1) is 17.9. The molecule has 2 fully saturated rings. The molecule has 30 heavy (non-hydrogen) atoms. The third-order valence-corrected chi connectivity index (χ3v) is 8.64. The monoisotopic (exact) mass is 399 g/mol. The van der Waals surface area contributed by atoms with Crippen LogP contribution in [-0.2, 0) is 5.54 Å². The number of aromatic nitrogens is 1. The SMILES string of the molecule is CN1c2ccc3[nH]ccc3c2[C@H]2C3CCC(C3)[C@H]2[C@]1(C)c1ccc(N)c(C(=N)N)c1. The van der Waals surface area contributed by atoms with E-state index in [1.54, 1.807) is 0 Å². The second-order valence-corrected chi connectivity index (χ2v) is 9.74. The first-order valence-corrected chi connectivity index (χ1v) is 11.0. The van der Waals surface area contributed by atoms with Gasteiger partial charge >= 0.3 is 0 Å². The fourth-order valence-electron chi connectivity index (χ4n) is 7.27. The molecular formula is C25H29N5. The molecule has 6 N–H and O–H groups in total. The van der Waals surface area contributed by atoms with Gasteiger partial charge in [-0.05, 0) is 91.3 Å². The average Bonchev–Trinajstić information content (AvgIpc) is 3.47. The molecule has 5 nitrogen and oxygen atoms in total. The maximum atomic E-state index is 8.00. The van der Waals surface area contributed by atoms with E-state index in [0.717, 1.165) is 11.8 Å². The summed E-state index contributed by atoms with van der Waals surface area (Å²) in [5.74, 6) is 2.63. The second kappa shape index (κ2) is 5.81. The molecule has 5 atom stereocenters. The van der Waals surface area contributed by atoms with Crippen LogP contribution in [-0.4, -0.2) is 17.9 Å². The van der Waals surface area contributed by atoms with E-state index in [9.17, 15) is 0 Å². The maximum absolute atomic E-state index is 8.00. The summed E-state index contributed by atoms with van der Waals surface area (Å²) in [7, 11) is 2.24. The Morgan fingerprint density at radius 3 is 2.77 bits per heavy atom. The van der Waals surface area contributed by atoms with Gasteiger partial charge in [-0.3, -0.25) is 5.41 Å². The van der Waals surface area contributed by atoms with E-state index in [1.165, 1.54) is 47.0 Å². The van der Waals surface area contributed by atoms with E-state index in [0.29, 0.717) is 23.1 Å². The summed E-state index contributed by atoms with van der Waals surface area (Å²) in [5.41, 5.74) is 18.4. The van der Waals surface area contributed by atoms with Crippen LogP contribution < -0.4 is 16.4 Å². The van der Waals surface area contributed by atoms with E-state index in [4.69, 9.17) is 16.9 Å². The number of nitrogens with one attached hydrogen (secondary N) is 2. The largest absolute Gasteiger partial charge is 0.398 e. The van der Waals surface area contributed by atoms with E-state index < -0.39 is 0 Å². The van der Waals surface area contributed by atoms with Crippen LogP contribution >= 0.6 is 0 Å². The lowest BCUT2D eigenvalue weighted by Gasteiger charge is -2.55. The molecule has 0 radical (unpaired) electrons. The molecule has 3 aliphatic rings. The van der Waals surface area contributed by atoms with E-state index in [-0.39, 0.29) is 11.4 Å². The summed E-state index contributed by atoms with van der Waals surface area (Å²) in [4.78, 5) is 5.91. The van der Waals surface area contributed by atoms with Crippen molar-refractivity contribution in [3.8, 4) is 0 Å². The summed E-state index contributed by atoms with van der Waals surface area (Å²) in [5, 5.41) is 9.38. The summed E-state index contributed by atoms with van der Waals surface area (Å²) >= 11 is 0. The number of aromatic amines is 1. The van der Waals surface area contributed by atoms with Crippen LogP contribution in [0, 0.1) is 23.2 Å². The van der Waals surface area contributed by atoms with E-state index in [2.05, 4.69) is 60.4 Å². The first-order valence-electron chi connectivity index (χ1n) is 11.0. The lowest BCUT2D eigenvalue weighted by Crippen LogP contribution is -2.54. The van der Waals surface area contributed by atoms with Crippen molar-refractivity contribution in [3.63, 3.8) is 0 Å². The van der Waals surface area contributed by atoms with Crippen LogP contribution in [0.1, 0.15) is 48.8 Å². The molecule has 6 rings (SSSR count). The topological polar surface area (TPSA) is 94.9 Å². The number of anilines is 2. The lowest BCUT2D eigenvalue weighted by atomic mass is 9.60. The predicted molar refractivity (Wildman–Crippen MR) is 123 cm³/mol. The smallest absolute Gasteiger partial charge is 0.124 e. The van der Waals surface area contributed by atoms with Crippen molar-refractivity contribution in [3.05, 3.63) is 59.3 Å². The fourth-order valence-corrected chi connectivity index (χ4v) is 7.27. The molecule has 2 aromatic carbocycles. The van der Waals surface area contributed by atoms with Crippen molar-refractivity contribution in [2.24, 2.45) is 23.5 Å². The number of benzene rings is 2. The van der Waals surface area contributed by atoms with Crippen molar-refractivity contribution in [1.82, 2.24) is 4.98 Å². The van der Waals surface area contributed by atoms with Crippen molar-refractivity contribution in [2.45, 2.75) is 37.6 Å². The number of hydrogen-bond acceptors (Lipinski definition) is 3. The quantitative estimate of drug-likeness (QED) is 0.290. The molecule has 154 valence electrons. The highest BCUT2D eigenvalue weighted by Crippen LogP contribution is 2.67. The van der Waals surface area contributed by atoms with E-state index >= 15 is 0 Å². The molecule has 0 amide bonds. The van der Waals surface area contributed by atoms with Gasteiger partial charge in [-0.25, -0.2) is 0 Å². The molecule has 3 aromatic rings. The molecular weight excluding hydrogens is 370 g/mol. The number of rotatable bonds is 2. The van der Waals surface area contributed by atoms with Gasteiger partial charge in [0.15, 0.2) is 0 Å². The maximum Gasteiger partial charge on any atom is 0.124 e. The minimum atomic E-state index is -0.167. The minimum absolute atomic E-state index is 0.0373. The minimum Gasteiger partial charge on any atom is -0.398 e. The van der Waals surface area contributed by atoms with Crippen molar-refractivity contribution < 1.29 is 0 Å². The van der Waals surface area contributed by atoms with Crippen molar-refractivity contribution in [2.75, 3.05) is 17.7 Å². The molecule has 2 saturated carbocycles. The summed E-state index contributed by atoms with van der Waals surface area (Å²) in [6.07, 6.45) is 6.06. The van der Waals surface area contributed by atoms with Crippen LogP contribution in [0.25, 0.3) is 10.9 Å². The van der Waals surface area contributed by atoms with E-state index in [1.807, 2.05) is 6.07 Å². The number of amidine groups is 1. The number of hydrogen-bond donors (Lipinski definition) is 4. The van der Waals surface area contributed by atoms with Gasteiger partial charge in [0.05, 0.1) is 5.54 Å². The summed E-state index contributed by atoms with van der Waals surface area (Å²) < 4.78 is 0. The molecule has 2 aliphatic carbocycles. The van der Waals surface area contributed by atoms with Gasteiger partial charge in [0, 0.05) is 41.1 Å². The van der Waals surface area contributed by atoms with Gasteiger partial charge < -0.3 is 21.4 Å². The molecule has 2 unspecified atom stereocenters. The average molecular weight is 400 g/mol. The van der Waals surface area contributed by atoms with Crippen LogP contribution in [0.4, 0.5) is 11.4 Å². The molecule has 2 heterocycles. The Labute approximate surface area is 177 Å². The lowest BCUT2D eigenvalue weighted by molar-refractivity contribution is 0.158. The van der Waals surface area contributed by atoms with Crippen LogP contribution in [0.5, 0.6) is 0 Å². The van der Waals surface area contributed by atoms with Gasteiger partial charge in [-0.2, -0.15) is 0 Å². The number of fused-ring (bicyclic) bond motifs is 9. The van der Waals surface area contributed by atoms with Crippen LogP contribution in [0.15, 0.2) is 42.6 Å². The Morgan fingerprint density at radius 1 is 1.17 bits per heavy atom. The molecule has 1 aliphatic heterocycles. The van der Waals surface area contributed by atoms with Gasteiger partial charge in [0.25, 0.3) is 0 Å². The van der Waals surface area contributed by atoms with Crippen LogP contribution in [0.3, 0.4) is 0 Å². The molecule has 0 saturated heterocycles.